The summed E-state index contributed by atoms with van der Waals surface area (Å²) in [5.74, 6) is -0.738. The highest BCUT2D eigenvalue weighted by Gasteiger charge is 2.52. The Morgan fingerprint density at radius 1 is 1.30 bits per heavy atom. The Hall–Kier alpha value is -2.50. The van der Waals surface area contributed by atoms with E-state index >= 15 is 0 Å². The van der Waals surface area contributed by atoms with Crippen molar-refractivity contribution in [1.29, 1.82) is 0 Å². The van der Waals surface area contributed by atoms with Gasteiger partial charge in [-0.05, 0) is 46.9 Å². The van der Waals surface area contributed by atoms with Crippen LogP contribution in [-0.2, 0) is 19.6 Å². The van der Waals surface area contributed by atoms with Crippen LogP contribution in [-0.4, -0.2) is 54.6 Å². The van der Waals surface area contributed by atoms with Crippen molar-refractivity contribution in [2.45, 2.75) is 43.7 Å². The minimum absolute atomic E-state index is 0.0151. The van der Waals surface area contributed by atoms with Gasteiger partial charge in [0.1, 0.15) is 11.3 Å². The molecule has 0 saturated carbocycles. The molecule has 11 heteroatoms. The van der Waals surface area contributed by atoms with Gasteiger partial charge >= 0.3 is 6.09 Å². The van der Waals surface area contributed by atoms with Crippen molar-refractivity contribution < 1.29 is 28.0 Å². The second kappa shape index (κ2) is 6.91. The van der Waals surface area contributed by atoms with E-state index in [1.54, 1.807) is 20.8 Å². The standard InChI is InChI=1S/C16H22N4O6S/c1-15(2,3)26-14(22)20(23)16(4)12(18-19-13(16)21)10-6-8-11(9-7-10)27(24,25)17-5/h6-9,17,23H,1-5H3,(H,19,21). The van der Waals surface area contributed by atoms with Crippen molar-refractivity contribution in [3.63, 3.8) is 0 Å². The first-order valence-corrected chi connectivity index (χ1v) is 9.46. The lowest BCUT2D eigenvalue weighted by molar-refractivity contribution is -0.155. The molecule has 2 amide bonds. The molecule has 0 aromatic heterocycles. The van der Waals surface area contributed by atoms with Crippen LogP contribution in [0.5, 0.6) is 0 Å². The molecule has 0 fully saturated rings. The van der Waals surface area contributed by atoms with Crippen LogP contribution in [0.1, 0.15) is 33.3 Å². The normalized spacial score (nSPS) is 20.1. The summed E-state index contributed by atoms with van der Waals surface area (Å²) >= 11 is 0. The van der Waals surface area contributed by atoms with Crippen LogP contribution >= 0.6 is 0 Å². The molecule has 148 valence electrons. The van der Waals surface area contributed by atoms with Crippen molar-refractivity contribution in [2.24, 2.45) is 5.10 Å². The molecule has 0 bridgehead atoms. The summed E-state index contributed by atoms with van der Waals surface area (Å²) in [6.45, 7) is 6.15. The fourth-order valence-electron chi connectivity index (χ4n) is 2.37. The largest absolute Gasteiger partial charge is 0.442 e. The molecule has 1 atom stereocenters. The quantitative estimate of drug-likeness (QED) is 0.507. The maximum Gasteiger partial charge on any atom is 0.435 e. The smallest absolute Gasteiger partial charge is 0.435 e. The number of hydrogen-bond donors (Lipinski definition) is 3. The number of nitrogens with zero attached hydrogens (tertiary/aromatic N) is 2. The number of carbonyl (C=O) groups is 2. The van der Waals surface area contributed by atoms with Gasteiger partial charge in [0.2, 0.25) is 10.0 Å². The van der Waals surface area contributed by atoms with Gasteiger partial charge in [0.25, 0.3) is 5.91 Å². The summed E-state index contributed by atoms with van der Waals surface area (Å²) in [4.78, 5) is 24.6. The Labute approximate surface area is 157 Å². The third kappa shape index (κ3) is 3.94. The van der Waals surface area contributed by atoms with E-state index in [9.17, 15) is 23.2 Å². The third-order valence-corrected chi connectivity index (χ3v) is 5.30. The van der Waals surface area contributed by atoms with Crippen molar-refractivity contribution in [3.8, 4) is 0 Å². The van der Waals surface area contributed by atoms with Gasteiger partial charge in [-0.15, -0.1) is 0 Å². The van der Waals surface area contributed by atoms with Crippen LogP contribution in [0.4, 0.5) is 4.79 Å². The van der Waals surface area contributed by atoms with E-state index in [0.29, 0.717) is 5.56 Å². The Morgan fingerprint density at radius 3 is 2.33 bits per heavy atom. The average Bonchev–Trinajstić information content (AvgIpc) is 2.89. The maximum atomic E-state index is 12.3. The maximum absolute atomic E-state index is 12.3. The molecule has 0 saturated heterocycles. The first-order chi connectivity index (χ1) is 12.3. The second-order valence-electron chi connectivity index (χ2n) is 7.00. The summed E-state index contributed by atoms with van der Waals surface area (Å²) in [7, 11) is -2.35. The van der Waals surface area contributed by atoms with Crippen molar-refractivity contribution in [2.75, 3.05) is 7.05 Å². The van der Waals surface area contributed by atoms with Gasteiger partial charge in [-0.2, -0.15) is 10.2 Å². The minimum Gasteiger partial charge on any atom is -0.442 e. The molecule has 1 aliphatic heterocycles. The van der Waals surface area contributed by atoms with Crippen LogP contribution in [0.2, 0.25) is 0 Å². The van der Waals surface area contributed by atoms with Crippen LogP contribution in [0.3, 0.4) is 0 Å². The lowest BCUT2D eigenvalue weighted by Crippen LogP contribution is -2.59. The molecular formula is C16H22N4O6S. The highest BCUT2D eigenvalue weighted by Crippen LogP contribution is 2.27. The van der Waals surface area contributed by atoms with Gasteiger partial charge in [-0.25, -0.2) is 23.4 Å². The van der Waals surface area contributed by atoms with Gasteiger partial charge in [0.05, 0.1) is 4.90 Å². The molecule has 0 aliphatic carbocycles. The number of benzene rings is 1. The van der Waals surface area contributed by atoms with Crippen LogP contribution < -0.4 is 10.1 Å². The Bertz CT molecular complexity index is 888. The molecule has 0 radical (unpaired) electrons. The Kier molecular flexibility index (Phi) is 5.32. The highest BCUT2D eigenvalue weighted by atomic mass is 32.2. The molecule has 1 aliphatic rings. The van der Waals surface area contributed by atoms with Crippen LogP contribution in [0.15, 0.2) is 34.3 Å². The van der Waals surface area contributed by atoms with Gasteiger partial charge in [-0.3, -0.25) is 10.0 Å². The fraction of sp³-hybridized carbons (Fsp3) is 0.438. The number of nitrogens with one attached hydrogen (secondary N) is 2. The molecule has 1 unspecified atom stereocenters. The Morgan fingerprint density at radius 2 is 1.85 bits per heavy atom. The lowest BCUT2D eigenvalue weighted by atomic mass is 9.90. The van der Waals surface area contributed by atoms with E-state index < -0.39 is 33.2 Å². The molecule has 10 nitrogen and oxygen atoms in total. The number of hydroxylamine groups is 2. The van der Waals surface area contributed by atoms with E-state index in [0.717, 1.165) is 0 Å². The molecule has 27 heavy (non-hydrogen) atoms. The van der Waals surface area contributed by atoms with E-state index in [4.69, 9.17) is 4.74 Å². The summed E-state index contributed by atoms with van der Waals surface area (Å²) in [5.41, 5.74) is -0.140. The number of hydrazone groups is 1. The molecule has 3 N–H and O–H groups in total. The lowest BCUT2D eigenvalue weighted by Gasteiger charge is -2.33. The number of carbonyl (C=O) groups excluding carboxylic acids is 2. The molecule has 2 rings (SSSR count). The Balaban J connectivity index is 2.39. The van der Waals surface area contributed by atoms with Gasteiger partial charge in [-0.1, -0.05) is 12.1 Å². The predicted octanol–water partition coefficient (Wildman–Crippen LogP) is 0.814. The van der Waals surface area contributed by atoms with Gasteiger partial charge < -0.3 is 4.74 Å². The summed E-state index contributed by atoms with van der Waals surface area (Å²) in [5, 5.41) is 14.4. The van der Waals surface area contributed by atoms with Crippen LogP contribution in [0, 0.1) is 0 Å². The highest BCUT2D eigenvalue weighted by molar-refractivity contribution is 7.89. The molecular weight excluding hydrogens is 376 g/mol. The topological polar surface area (TPSA) is 137 Å². The summed E-state index contributed by atoms with van der Waals surface area (Å²) in [6.07, 6.45) is -1.12. The third-order valence-electron chi connectivity index (χ3n) is 3.87. The number of amides is 2. The second-order valence-corrected chi connectivity index (χ2v) is 8.88. The summed E-state index contributed by atoms with van der Waals surface area (Å²) < 4.78 is 30.9. The molecule has 1 aromatic carbocycles. The van der Waals surface area contributed by atoms with Crippen molar-refractivity contribution in [1.82, 2.24) is 15.2 Å². The van der Waals surface area contributed by atoms with Gasteiger partial charge in [0, 0.05) is 5.56 Å². The SMILES string of the molecule is CNS(=O)(=O)c1ccc(C2=NNC(=O)C2(C)N(O)C(=O)OC(C)(C)C)cc1. The van der Waals surface area contributed by atoms with Crippen molar-refractivity contribution >= 4 is 27.7 Å². The van der Waals surface area contributed by atoms with E-state index in [2.05, 4.69) is 15.2 Å². The number of rotatable bonds is 4. The van der Waals surface area contributed by atoms with E-state index in [1.807, 2.05) is 0 Å². The number of ether oxygens (including phenoxy) is 1. The van der Waals surface area contributed by atoms with Crippen molar-refractivity contribution in [3.05, 3.63) is 29.8 Å². The fourth-order valence-corrected chi connectivity index (χ4v) is 3.10. The number of sulfonamides is 1. The zero-order chi connectivity index (χ0) is 20.6. The predicted molar refractivity (Wildman–Crippen MR) is 95.6 cm³/mol. The first-order valence-electron chi connectivity index (χ1n) is 7.97. The zero-order valence-electron chi connectivity index (χ0n) is 15.6. The van der Waals surface area contributed by atoms with E-state index in [-0.39, 0.29) is 15.7 Å². The van der Waals surface area contributed by atoms with Crippen LogP contribution in [0.25, 0.3) is 0 Å². The minimum atomic E-state index is -3.63. The molecule has 0 spiro atoms. The zero-order valence-corrected chi connectivity index (χ0v) is 16.4. The molecule has 1 heterocycles. The first kappa shape index (κ1) is 20.8. The average molecular weight is 398 g/mol. The number of hydrogen-bond acceptors (Lipinski definition) is 7. The van der Waals surface area contributed by atoms with Gasteiger partial charge in [0.15, 0.2) is 5.54 Å². The summed E-state index contributed by atoms with van der Waals surface area (Å²) in [6, 6.07) is 5.49. The van der Waals surface area contributed by atoms with E-state index in [1.165, 1.54) is 38.2 Å². The monoisotopic (exact) mass is 398 g/mol. The molecule has 1 aromatic rings.